The summed E-state index contributed by atoms with van der Waals surface area (Å²) in [4.78, 5) is 30.6. The first-order valence-electron chi connectivity index (χ1n) is 9.05. The van der Waals surface area contributed by atoms with Crippen LogP contribution in [0, 0.1) is 5.92 Å². The number of piperidine rings is 1. The number of carbonyl (C=O) groups is 2. The SMILES string of the molecule is COc1ccc(N2CCN(C(=O)C(=O)N3CCC(C)CC3)CC2)cc1. The summed E-state index contributed by atoms with van der Waals surface area (Å²) < 4.78 is 5.18. The second-order valence-corrected chi connectivity index (χ2v) is 6.95. The molecule has 2 saturated heterocycles. The lowest BCUT2D eigenvalue weighted by molar-refractivity contribution is -0.152. The smallest absolute Gasteiger partial charge is 0.312 e. The zero-order valence-electron chi connectivity index (χ0n) is 15.1. The molecule has 136 valence electrons. The summed E-state index contributed by atoms with van der Waals surface area (Å²) >= 11 is 0. The van der Waals surface area contributed by atoms with Gasteiger partial charge in [-0.3, -0.25) is 9.59 Å². The Bertz CT molecular complexity index is 601. The molecule has 0 unspecified atom stereocenters. The van der Waals surface area contributed by atoms with Crippen molar-refractivity contribution in [3.63, 3.8) is 0 Å². The van der Waals surface area contributed by atoms with Crippen LogP contribution in [0.3, 0.4) is 0 Å². The molecular formula is C19H27N3O3. The quantitative estimate of drug-likeness (QED) is 0.764. The van der Waals surface area contributed by atoms with Gasteiger partial charge in [0.1, 0.15) is 5.75 Å². The second-order valence-electron chi connectivity index (χ2n) is 6.95. The van der Waals surface area contributed by atoms with Crippen molar-refractivity contribution in [2.45, 2.75) is 19.8 Å². The van der Waals surface area contributed by atoms with Gasteiger partial charge in [0.15, 0.2) is 0 Å². The first-order chi connectivity index (χ1) is 12.1. The van der Waals surface area contributed by atoms with Gasteiger partial charge in [0.2, 0.25) is 0 Å². The van der Waals surface area contributed by atoms with E-state index in [0.29, 0.717) is 32.1 Å². The summed E-state index contributed by atoms with van der Waals surface area (Å²) in [6.07, 6.45) is 1.98. The predicted molar refractivity (Wildman–Crippen MR) is 96.8 cm³/mol. The minimum atomic E-state index is -0.344. The van der Waals surface area contributed by atoms with Crippen LogP contribution in [0.15, 0.2) is 24.3 Å². The Morgan fingerprint density at radius 1 is 0.880 bits per heavy atom. The zero-order chi connectivity index (χ0) is 17.8. The van der Waals surface area contributed by atoms with Gasteiger partial charge in [0, 0.05) is 45.0 Å². The molecule has 1 aromatic carbocycles. The highest BCUT2D eigenvalue weighted by Gasteiger charge is 2.31. The van der Waals surface area contributed by atoms with Gasteiger partial charge in [-0.2, -0.15) is 0 Å². The van der Waals surface area contributed by atoms with E-state index in [1.165, 1.54) is 0 Å². The molecule has 3 rings (SSSR count). The number of hydrogen-bond acceptors (Lipinski definition) is 4. The van der Waals surface area contributed by atoms with Crippen LogP contribution < -0.4 is 9.64 Å². The Kier molecular flexibility index (Phi) is 5.46. The van der Waals surface area contributed by atoms with E-state index >= 15 is 0 Å². The molecule has 0 N–H and O–H groups in total. The third-order valence-electron chi connectivity index (χ3n) is 5.26. The number of ether oxygens (including phenoxy) is 1. The van der Waals surface area contributed by atoms with Crippen molar-refractivity contribution in [1.29, 1.82) is 0 Å². The summed E-state index contributed by atoms with van der Waals surface area (Å²) in [7, 11) is 1.65. The number of benzene rings is 1. The van der Waals surface area contributed by atoms with Crippen molar-refractivity contribution in [1.82, 2.24) is 9.80 Å². The van der Waals surface area contributed by atoms with E-state index in [-0.39, 0.29) is 11.8 Å². The molecule has 0 atom stereocenters. The maximum absolute atomic E-state index is 12.5. The Hall–Kier alpha value is -2.24. The Balaban J connectivity index is 1.52. The molecule has 2 fully saturated rings. The fourth-order valence-electron chi connectivity index (χ4n) is 3.44. The van der Waals surface area contributed by atoms with Gasteiger partial charge in [0.25, 0.3) is 0 Å². The van der Waals surface area contributed by atoms with Crippen molar-refractivity contribution >= 4 is 17.5 Å². The van der Waals surface area contributed by atoms with Gasteiger partial charge in [-0.05, 0) is 43.0 Å². The van der Waals surface area contributed by atoms with Crippen molar-refractivity contribution in [3.05, 3.63) is 24.3 Å². The number of nitrogens with zero attached hydrogens (tertiary/aromatic N) is 3. The maximum atomic E-state index is 12.5. The molecule has 0 aliphatic carbocycles. The molecule has 0 bridgehead atoms. The molecule has 2 aliphatic heterocycles. The average Bonchev–Trinajstić information content (AvgIpc) is 2.67. The minimum absolute atomic E-state index is 0.329. The molecule has 2 amide bonds. The first-order valence-corrected chi connectivity index (χ1v) is 9.05. The van der Waals surface area contributed by atoms with E-state index in [1.54, 1.807) is 16.9 Å². The minimum Gasteiger partial charge on any atom is -0.497 e. The average molecular weight is 345 g/mol. The summed E-state index contributed by atoms with van der Waals surface area (Å²) in [5, 5.41) is 0. The molecule has 6 nitrogen and oxygen atoms in total. The molecule has 0 spiro atoms. The van der Waals surface area contributed by atoms with Gasteiger partial charge in [-0.25, -0.2) is 0 Å². The number of likely N-dealkylation sites (tertiary alicyclic amines) is 1. The molecule has 6 heteroatoms. The molecule has 25 heavy (non-hydrogen) atoms. The summed E-state index contributed by atoms with van der Waals surface area (Å²) in [5.41, 5.74) is 1.12. The summed E-state index contributed by atoms with van der Waals surface area (Å²) in [6.45, 7) is 6.25. The fraction of sp³-hybridized carbons (Fsp3) is 0.579. The monoisotopic (exact) mass is 345 g/mol. The van der Waals surface area contributed by atoms with Crippen LogP contribution in [0.1, 0.15) is 19.8 Å². The van der Waals surface area contributed by atoms with Crippen LogP contribution in [-0.2, 0) is 9.59 Å². The lowest BCUT2D eigenvalue weighted by atomic mass is 9.99. The number of methoxy groups -OCH3 is 1. The van der Waals surface area contributed by atoms with Crippen LogP contribution in [-0.4, -0.2) is 68.0 Å². The highest BCUT2D eigenvalue weighted by Crippen LogP contribution is 2.21. The normalized spacial score (nSPS) is 19.0. The van der Waals surface area contributed by atoms with Crippen LogP contribution in [0.4, 0.5) is 5.69 Å². The summed E-state index contributed by atoms with van der Waals surface area (Å²) in [5.74, 6) is 0.805. The van der Waals surface area contributed by atoms with E-state index in [0.717, 1.165) is 37.4 Å². The maximum Gasteiger partial charge on any atom is 0.312 e. The van der Waals surface area contributed by atoms with Crippen molar-refractivity contribution < 1.29 is 14.3 Å². The van der Waals surface area contributed by atoms with Gasteiger partial charge in [0.05, 0.1) is 7.11 Å². The topological polar surface area (TPSA) is 53.1 Å². The Morgan fingerprint density at radius 3 is 1.92 bits per heavy atom. The molecule has 1 aromatic rings. The van der Waals surface area contributed by atoms with E-state index in [2.05, 4.69) is 11.8 Å². The van der Waals surface area contributed by atoms with E-state index in [9.17, 15) is 9.59 Å². The van der Waals surface area contributed by atoms with Crippen LogP contribution in [0.5, 0.6) is 5.75 Å². The van der Waals surface area contributed by atoms with Gasteiger partial charge in [-0.15, -0.1) is 0 Å². The molecule has 0 aromatic heterocycles. The van der Waals surface area contributed by atoms with Crippen molar-refractivity contribution in [3.8, 4) is 5.75 Å². The summed E-state index contributed by atoms with van der Waals surface area (Å²) in [6, 6.07) is 7.92. The van der Waals surface area contributed by atoms with E-state index in [1.807, 2.05) is 24.3 Å². The molecule has 2 heterocycles. The number of rotatable bonds is 2. The first kappa shape index (κ1) is 17.6. The molecule has 2 aliphatic rings. The highest BCUT2D eigenvalue weighted by atomic mass is 16.5. The Labute approximate surface area is 149 Å². The second kappa shape index (κ2) is 7.76. The molecule has 0 saturated carbocycles. The van der Waals surface area contributed by atoms with Crippen LogP contribution >= 0.6 is 0 Å². The fourth-order valence-corrected chi connectivity index (χ4v) is 3.44. The van der Waals surface area contributed by atoms with Crippen LogP contribution in [0.2, 0.25) is 0 Å². The van der Waals surface area contributed by atoms with Gasteiger partial charge in [-0.1, -0.05) is 6.92 Å². The van der Waals surface area contributed by atoms with Gasteiger partial charge < -0.3 is 19.4 Å². The third kappa shape index (κ3) is 4.06. The predicted octanol–water partition coefficient (Wildman–Crippen LogP) is 1.60. The van der Waals surface area contributed by atoms with Gasteiger partial charge >= 0.3 is 11.8 Å². The number of carbonyl (C=O) groups excluding carboxylic acids is 2. The zero-order valence-corrected chi connectivity index (χ0v) is 15.1. The largest absolute Gasteiger partial charge is 0.497 e. The highest BCUT2D eigenvalue weighted by molar-refractivity contribution is 6.34. The van der Waals surface area contributed by atoms with E-state index < -0.39 is 0 Å². The lowest BCUT2D eigenvalue weighted by Crippen LogP contribution is -2.54. The number of anilines is 1. The van der Waals surface area contributed by atoms with Crippen LogP contribution in [0.25, 0.3) is 0 Å². The standard InChI is InChI=1S/C19H27N3O3/c1-15-7-9-21(10-8-15)18(23)19(24)22-13-11-20(12-14-22)16-3-5-17(25-2)6-4-16/h3-6,15H,7-14H2,1-2H3. The number of hydrogen-bond donors (Lipinski definition) is 0. The lowest BCUT2D eigenvalue weighted by Gasteiger charge is -2.37. The number of amides is 2. The molecule has 0 radical (unpaired) electrons. The number of piperazine rings is 1. The third-order valence-corrected chi connectivity index (χ3v) is 5.26. The molecular weight excluding hydrogens is 318 g/mol. The van der Waals surface area contributed by atoms with Crippen molar-refractivity contribution in [2.24, 2.45) is 5.92 Å². The Morgan fingerprint density at radius 2 is 1.40 bits per heavy atom. The van der Waals surface area contributed by atoms with E-state index in [4.69, 9.17) is 4.74 Å². The van der Waals surface area contributed by atoms with Crippen molar-refractivity contribution in [2.75, 3.05) is 51.3 Å².